The molecule has 0 bridgehead atoms. The molecule has 4 rings (SSSR count). The van der Waals surface area contributed by atoms with E-state index in [9.17, 15) is 9.18 Å². The highest BCUT2D eigenvalue weighted by atomic mass is 19.1. The first-order chi connectivity index (χ1) is 13.0. The Morgan fingerprint density at radius 2 is 1.85 bits per heavy atom. The number of hydrogen-bond acceptors (Lipinski definition) is 2. The Morgan fingerprint density at radius 1 is 1.15 bits per heavy atom. The second kappa shape index (κ2) is 6.97. The lowest BCUT2D eigenvalue weighted by atomic mass is 9.74. The molecule has 1 fully saturated rings. The van der Waals surface area contributed by atoms with E-state index < -0.39 is 0 Å². The maximum atomic E-state index is 13.5. The SMILES string of the molecule is CN[C@H]1C[C@@](C)(NC(=O)N2CCc3ccccc3[C@@H]2c2ccc(F)cc2)C1. The summed E-state index contributed by atoms with van der Waals surface area (Å²) in [4.78, 5) is 15.1. The van der Waals surface area contributed by atoms with Gasteiger partial charge in [0.25, 0.3) is 0 Å². The molecule has 2 aliphatic rings. The molecule has 142 valence electrons. The Morgan fingerprint density at radius 3 is 2.56 bits per heavy atom. The van der Waals surface area contributed by atoms with Gasteiger partial charge in [0.2, 0.25) is 0 Å². The largest absolute Gasteiger partial charge is 0.333 e. The van der Waals surface area contributed by atoms with E-state index in [-0.39, 0.29) is 23.4 Å². The van der Waals surface area contributed by atoms with E-state index in [0.29, 0.717) is 12.6 Å². The fourth-order valence-corrected chi connectivity index (χ4v) is 4.45. The van der Waals surface area contributed by atoms with Crippen molar-refractivity contribution in [3.05, 3.63) is 71.0 Å². The normalized spacial score (nSPS) is 26.9. The van der Waals surface area contributed by atoms with Gasteiger partial charge in [-0.25, -0.2) is 9.18 Å². The third kappa shape index (κ3) is 3.44. The van der Waals surface area contributed by atoms with Crippen LogP contribution in [-0.4, -0.2) is 36.1 Å². The van der Waals surface area contributed by atoms with Gasteiger partial charge in [0.1, 0.15) is 5.82 Å². The Bertz CT molecular complexity index is 830. The zero-order valence-electron chi connectivity index (χ0n) is 15.8. The van der Waals surface area contributed by atoms with E-state index in [4.69, 9.17) is 0 Å². The Kier molecular flexibility index (Phi) is 4.64. The number of hydrogen-bond donors (Lipinski definition) is 2. The van der Waals surface area contributed by atoms with Gasteiger partial charge < -0.3 is 15.5 Å². The highest BCUT2D eigenvalue weighted by Gasteiger charge is 2.42. The molecule has 0 radical (unpaired) electrons. The molecule has 4 nitrogen and oxygen atoms in total. The standard InChI is InChI=1S/C22H26FN3O/c1-22(13-18(14-22)24-2)25-21(27)26-12-11-15-5-3-4-6-19(15)20(26)16-7-9-17(23)10-8-16/h3-10,18,20,24H,11-14H2,1-2H3,(H,25,27)/t18-,20-,22+/m0/s1. The van der Waals surface area contributed by atoms with Gasteiger partial charge in [-0.15, -0.1) is 0 Å². The van der Waals surface area contributed by atoms with E-state index in [1.165, 1.54) is 17.7 Å². The number of nitrogens with zero attached hydrogens (tertiary/aromatic N) is 1. The van der Waals surface area contributed by atoms with Crippen molar-refractivity contribution in [1.82, 2.24) is 15.5 Å². The average Bonchev–Trinajstić information content (AvgIpc) is 2.65. The van der Waals surface area contributed by atoms with Crippen molar-refractivity contribution in [2.24, 2.45) is 0 Å². The number of carbonyl (C=O) groups excluding carboxylic acids is 1. The molecule has 1 aliphatic heterocycles. The average molecular weight is 367 g/mol. The van der Waals surface area contributed by atoms with Crippen LogP contribution in [0.1, 0.15) is 42.5 Å². The number of nitrogens with one attached hydrogen (secondary N) is 2. The predicted octanol–water partition coefficient (Wildman–Crippen LogP) is 3.62. The van der Waals surface area contributed by atoms with Gasteiger partial charge >= 0.3 is 6.03 Å². The van der Waals surface area contributed by atoms with Gasteiger partial charge in [-0.05, 0) is 62.1 Å². The molecule has 2 N–H and O–H groups in total. The third-order valence-electron chi connectivity index (χ3n) is 5.94. The van der Waals surface area contributed by atoms with Crippen LogP contribution in [-0.2, 0) is 6.42 Å². The number of rotatable bonds is 3. The minimum atomic E-state index is -0.265. The molecule has 1 atom stereocenters. The van der Waals surface area contributed by atoms with Crippen LogP contribution in [0.25, 0.3) is 0 Å². The number of urea groups is 1. The van der Waals surface area contributed by atoms with Crippen molar-refractivity contribution in [2.75, 3.05) is 13.6 Å². The first kappa shape index (κ1) is 18.0. The van der Waals surface area contributed by atoms with Gasteiger partial charge in [0.05, 0.1) is 6.04 Å². The number of carbonyl (C=O) groups is 1. The zero-order chi connectivity index (χ0) is 19.0. The lowest BCUT2D eigenvalue weighted by Crippen LogP contribution is -2.63. The Balaban J connectivity index is 1.63. The van der Waals surface area contributed by atoms with Gasteiger partial charge in [-0.3, -0.25) is 0 Å². The van der Waals surface area contributed by atoms with E-state index in [2.05, 4.69) is 29.7 Å². The van der Waals surface area contributed by atoms with Crippen molar-refractivity contribution in [3.63, 3.8) is 0 Å². The van der Waals surface area contributed by atoms with Gasteiger partial charge in [-0.2, -0.15) is 0 Å². The highest BCUT2D eigenvalue weighted by Crippen LogP contribution is 2.37. The fraction of sp³-hybridized carbons (Fsp3) is 0.409. The van der Waals surface area contributed by atoms with E-state index in [0.717, 1.165) is 30.4 Å². The topological polar surface area (TPSA) is 44.4 Å². The number of amides is 2. The van der Waals surface area contributed by atoms with Crippen LogP contribution in [0.5, 0.6) is 0 Å². The van der Waals surface area contributed by atoms with Crippen molar-refractivity contribution in [2.45, 2.75) is 43.8 Å². The smallest absolute Gasteiger partial charge is 0.318 e. The summed E-state index contributed by atoms with van der Waals surface area (Å²) in [7, 11) is 1.96. The summed E-state index contributed by atoms with van der Waals surface area (Å²) in [5.41, 5.74) is 3.14. The molecular formula is C22H26FN3O. The van der Waals surface area contributed by atoms with Crippen LogP contribution in [0, 0.1) is 5.82 Å². The molecule has 1 saturated carbocycles. The van der Waals surface area contributed by atoms with Crippen molar-refractivity contribution in [1.29, 1.82) is 0 Å². The zero-order valence-corrected chi connectivity index (χ0v) is 15.8. The minimum absolute atomic E-state index is 0.0455. The Hall–Kier alpha value is -2.40. The summed E-state index contributed by atoms with van der Waals surface area (Å²) in [6, 6.07) is 14.9. The lowest BCUT2D eigenvalue weighted by Gasteiger charge is -2.47. The second-order valence-electron chi connectivity index (χ2n) is 7.98. The van der Waals surface area contributed by atoms with Crippen LogP contribution < -0.4 is 10.6 Å². The van der Waals surface area contributed by atoms with Crippen molar-refractivity contribution < 1.29 is 9.18 Å². The molecule has 2 amide bonds. The highest BCUT2D eigenvalue weighted by molar-refractivity contribution is 5.77. The second-order valence-corrected chi connectivity index (χ2v) is 7.98. The summed E-state index contributed by atoms with van der Waals surface area (Å²) >= 11 is 0. The monoisotopic (exact) mass is 367 g/mol. The summed E-state index contributed by atoms with van der Waals surface area (Å²) in [6.07, 6.45) is 2.69. The van der Waals surface area contributed by atoms with Crippen LogP contribution in [0.2, 0.25) is 0 Å². The molecular weight excluding hydrogens is 341 g/mol. The quantitative estimate of drug-likeness (QED) is 0.870. The van der Waals surface area contributed by atoms with Gasteiger partial charge in [-0.1, -0.05) is 36.4 Å². The van der Waals surface area contributed by atoms with E-state index >= 15 is 0 Å². The molecule has 1 aliphatic carbocycles. The van der Waals surface area contributed by atoms with Crippen molar-refractivity contribution >= 4 is 6.03 Å². The van der Waals surface area contributed by atoms with Crippen LogP contribution in [0.15, 0.2) is 48.5 Å². The number of halogens is 1. The van der Waals surface area contributed by atoms with Crippen molar-refractivity contribution in [3.8, 4) is 0 Å². The summed E-state index contributed by atoms with van der Waals surface area (Å²) in [6.45, 7) is 2.75. The summed E-state index contributed by atoms with van der Waals surface area (Å²) in [5, 5.41) is 6.50. The van der Waals surface area contributed by atoms with E-state index in [1.54, 1.807) is 12.1 Å². The Labute approximate surface area is 159 Å². The molecule has 0 spiro atoms. The van der Waals surface area contributed by atoms with Crippen LogP contribution in [0.4, 0.5) is 9.18 Å². The molecule has 5 heteroatoms. The minimum Gasteiger partial charge on any atom is -0.333 e. The number of benzene rings is 2. The summed E-state index contributed by atoms with van der Waals surface area (Å²) in [5.74, 6) is -0.265. The fourth-order valence-electron chi connectivity index (χ4n) is 4.45. The predicted molar refractivity (Wildman–Crippen MR) is 104 cm³/mol. The lowest BCUT2D eigenvalue weighted by molar-refractivity contribution is 0.128. The van der Waals surface area contributed by atoms with E-state index in [1.807, 2.05) is 24.1 Å². The maximum Gasteiger partial charge on any atom is 0.318 e. The number of fused-ring (bicyclic) bond motifs is 1. The first-order valence-corrected chi connectivity index (χ1v) is 9.58. The van der Waals surface area contributed by atoms with Crippen LogP contribution in [0.3, 0.4) is 0 Å². The molecule has 0 saturated heterocycles. The van der Waals surface area contributed by atoms with Crippen LogP contribution >= 0.6 is 0 Å². The molecule has 1 heterocycles. The molecule has 0 unspecified atom stereocenters. The third-order valence-corrected chi connectivity index (χ3v) is 5.94. The first-order valence-electron chi connectivity index (χ1n) is 9.58. The summed E-state index contributed by atoms with van der Waals surface area (Å²) < 4.78 is 13.5. The molecule has 2 aromatic rings. The molecule has 0 aromatic heterocycles. The molecule has 27 heavy (non-hydrogen) atoms. The van der Waals surface area contributed by atoms with Gasteiger partial charge in [0, 0.05) is 18.1 Å². The maximum absolute atomic E-state index is 13.5. The van der Waals surface area contributed by atoms with Gasteiger partial charge in [0.15, 0.2) is 0 Å². The molecule has 2 aromatic carbocycles.